The summed E-state index contributed by atoms with van der Waals surface area (Å²) in [5.74, 6) is 0.00797. The SMILES string of the molecule is Cc1c(N)cccc1NC(=O)CCN(C)Cc1ccccc1. The van der Waals surface area contributed by atoms with E-state index >= 15 is 0 Å². The van der Waals surface area contributed by atoms with Gasteiger partial charge in [-0.05, 0) is 37.2 Å². The Bertz CT molecular complexity index is 625. The molecule has 0 heterocycles. The van der Waals surface area contributed by atoms with Crippen LogP contribution in [0.4, 0.5) is 11.4 Å². The molecule has 0 radical (unpaired) electrons. The van der Waals surface area contributed by atoms with Crippen molar-refractivity contribution in [3.8, 4) is 0 Å². The third kappa shape index (κ3) is 4.60. The molecule has 0 aliphatic carbocycles. The molecule has 2 aromatic carbocycles. The Morgan fingerprint density at radius 1 is 1.14 bits per heavy atom. The van der Waals surface area contributed by atoms with Crippen molar-refractivity contribution in [3.05, 3.63) is 59.7 Å². The lowest BCUT2D eigenvalue weighted by Gasteiger charge is -2.17. The van der Waals surface area contributed by atoms with Gasteiger partial charge in [-0.25, -0.2) is 0 Å². The highest BCUT2D eigenvalue weighted by Gasteiger charge is 2.08. The zero-order chi connectivity index (χ0) is 15.9. The van der Waals surface area contributed by atoms with E-state index in [9.17, 15) is 4.79 Å². The van der Waals surface area contributed by atoms with Gasteiger partial charge in [0.2, 0.25) is 5.91 Å². The standard InChI is InChI=1S/C18H23N3O/c1-14-16(19)9-6-10-17(14)20-18(22)11-12-21(2)13-15-7-4-3-5-8-15/h3-10H,11-13,19H2,1-2H3,(H,20,22). The molecule has 4 heteroatoms. The van der Waals surface area contributed by atoms with Gasteiger partial charge in [0.25, 0.3) is 0 Å². The van der Waals surface area contributed by atoms with Crippen LogP contribution < -0.4 is 11.1 Å². The maximum absolute atomic E-state index is 12.1. The summed E-state index contributed by atoms with van der Waals surface area (Å²) in [7, 11) is 2.02. The maximum Gasteiger partial charge on any atom is 0.225 e. The van der Waals surface area contributed by atoms with Crippen LogP contribution in [0, 0.1) is 6.92 Å². The third-order valence-electron chi connectivity index (χ3n) is 3.67. The average Bonchev–Trinajstić information content (AvgIpc) is 2.51. The normalized spacial score (nSPS) is 10.7. The number of carbonyl (C=O) groups is 1. The minimum Gasteiger partial charge on any atom is -0.398 e. The number of nitrogens with two attached hydrogens (primary N) is 1. The summed E-state index contributed by atoms with van der Waals surface area (Å²) < 4.78 is 0. The van der Waals surface area contributed by atoms with Crippen LogP contribution in [0.3, 0.4) is 0 Å². The van der Waals surface area contributed by atoms with E-state index in [0.717, 1.165) is 17.8 Å². The van der Waals surface area contributed by atoms with Crippen LogP contribution in [-0.4, -0.2) is 24.4 Å². The van der Waals surface area contributed by atoms with E-state index in [1.54, 1.807) is 0 Å². The molecule has 0 spiro atoms. The lowest BCUT2D eigenvalue weighted by Crippen LogP contribution is -2.24. The number of carbonyl (C=O) groups excluding carboxylic acids is 1. The first kappa shape index (κ1) is 16.0. The summed E-state index contributed by atoms with van der Waals surface area (Å²) in [5.41, 5.74) is 9.48. The Hall–Kier alpha value is -2.33. The topological polar surface area (TPSA) is 58.4 Å². The Labute approximate surface area is 131 Å². The van der Waals surface area contributed by atoms with E-state index in [2.05, 4.69) is 22.3 Å². The van der Waals surface area contributed by atoms with Crippen molar-refractivity contribution < 1.29 is 4.79 Å². The third-order valence-corrected chi connectivity index (χ3v) is 3.67. The van der Waals surface area contributed by atoms with Crippen molar-refractivity contribution in [3.63, 3.8) is 0 Å². The lowest BCUT2D eigenvalue weighted by molar-refractivity contribution is -0.116. The number of nitrogens with one attached hydrogen (secondary N) is 1. The van der Waals surface area contributed by atoms with E-state index < -0.39 is 0 Å². The zero-order valence-corrected chi connectivity index (χ0v) is 13.2. The van der Waals surface area contributed by atoms with E-state index in [1.165, 1.54) is 5.56 Å². The second-order valence-electron chi connectivity index (χ2n) is 5.54. The number of nitrogen functional groups attached to an aromatic ring is 1. The smallest absolute Gasteiger partial charge is 0.225 e. The first-order chi connectivity index (χ1) is 10.6. The quantitative estimate of drug-likeness (QED) is 0.806. The van der Waals surface area contributed by atoms with Gasteiger partial charge in [0.15, 0.2) is 0 Å². The molecule has 4 nitrogen and oxygen atoms in total. The van der Waals surface area contributed by atoms with Crippen LogP contribution in [-0.2, 0) is 11.3 Å². The highest BCUT2D eigenvalue weighted by atomic mass is 16.1. The van der Waals surface area contributed by atoms with Crippen LogP contribution in [0.1, 0.15) is 17.5 Å². The molecule has 3 N–H and O–H groups in total. The lowest BCUT2D eigenvalue weighted by atomic mass is 10.1. The molecule has 22 heavy (non-hydrogen) atoms. The first-order valence-corrected chi connectivity index (χ1v) is 7.43. The Morgan fingerprint density at radius 2 is 1.86 bits per heavy atom. The number of amides is 1. The van der Waals surface area contributed by atoms with Crippen LogP contribution in [0.15, 0.2) is 48.5 Å². The Kier molecular flexibility index (Phi) is 5.55. The highest BCUT2D eigenvalue weighted by Crippen LogP contribution is 2.20. The van der Waals surface area contributed by atoms with E-state index in [1.807, 2.05) is 50.4 Å². The number of benzene rings is 2. The largest absolute Gasteiger partial charge is 0.398 e. The summed E-state index contributed by atoms with van der Waals surface area (Å²) in [4.78, 5) is 14.2. The molecule has 116 valence electrons. The minimum absolute atomic E-state index is 0.00797. The molecule has 0 bridgehead atoms. The van der Waals surface area contributed by atoms with Gasteiger partial charge < -0.3 is 16.0 Å². The maximum atomic E-state index is 12.1. The number of rotatable bonds is 6. The Balaban J connectivity index is 1.81. The molecular weight excluding hydrogens is 274 g/mol. The predicted molar refractivity (Wildman–Crippen MR) is 91.6 cm³/mol. The second-order valence-corrected chi connectivity index (χ2v) is 5.54. The fourth-order valence-electron chi connectivity index (χ4n) is 2.27. The fourth-order valence-corrected chi connectivity index (χ4v) is 2.27. The number of nitrogens with zero attached hydrogens (tertiary/aromatic N) is 1. The van der Waals surface area contributed by atoms with Gasteiger partial charge in [0.05, 0.1) is 0 Å². The van der Waals surface area contributed by atoms with Crippen molar-refractivity contribution in [1.82, 2.24) is 4.90 Å². The fraction of sp³-hybridized carbons (Fsp3) is 0.278. The number of anilines is 2. The van der Waals surface area contributed by atoms with Crippen LogP contribution in [0.2, 0.25) is 0 Å². The minimum atomic E-state index is 0.00797. The molecule has 1 amide bonds. The van der Waals surface area contributed by atoms with Crippen LogP contribution in [0.5, 0.6) is 0 Å². The zero-order valence-electron chi connectivity index (χ0n) is 13.2. The second kappa shape index (κ2) is 7.61. The summed E-state index contributed by atoms with van der Waals surface area (Å²) in [5, 5.41) is 2.92. The van der Waals surface area contributed by atoms with Gasteiger partial charge in [-0.2, -0.15) is 0 Å². The molecule has 0 fully saturated rings. The summed E-state index contributed by atoms with van der Waals surface area (Å²) in [6.07, 6.45) is 0.456. The molecular formula is C18H23N3O. The van der Waals surface area contributed by atoms with Gasteiger partial charge in [-0.15, -0.1) is 0 Å². The number of hydrogen-bond acceptors (Lipinski definition) is 3. The van der Waals surface area contributed by atoms with Crippen molar-refractivity contribution in [2.75, 3.05) is 24.6 Å². The molecule has 0 atom stereocenters. The molecule has 0 aromatic heterocycles. The summed E-state index contributed by atoms with van der Waals surface area (Å²) in [6, 6.07) is 15.8. The molecule has 0 unspecified atom stereocenters. The average molecular weight is 297 g/mol. The van der Waals surface area contributed by atoms with Gasteiger partial charge in [0.1, 0.15) is 0 Å². The monoisotopic (exact) mass is 297 g/mol. The first-order valence-electron chi connectivity index (χ1n) is 7.43. The van der Waals surface area contributed by atoms with Crippen molar-refractivity contribution in [2.45, 2.75) is 19.9 Å². The summed E-state index contributed by atoms with van der Waals surface area (Å²) in [6.45, 7) is 3.46. The summed E-state index contributed by atoms with van der Waals surface area (Å²) >= 11 is 0. The van der Waals surface area contributed by atoms with Crippen LogP contribution >= 0.6 is 0 Å². The van der Waals surface area contributed by atoms with Gasteiger partial charge in [-0.1, -0.05) is 36.4 Å². The van der Waals surface area contributed by atoms with Crippen molar-refractivity contribution >= 4 is 17.3 Å². The van der Waals surface area contributed by atoms with E-state index in [0.29, 0.717) is 18.7 Å². The van der Waals surface area contributed by atoms with Gasteiger partial charge in [-0.3, -0.25) is 4.79 Å². The Morgan fingerprint density at radius 3 is 2.59 bits per heavy atom. The van der Waals surface area contributed by atoms with Gasteiger partial charge in [0, 0.05) is 30.9 Å². The van der Waals surface area contributed by atoms with Gasteiger partial charge >= 0.3 is 0 Å². The predicted octanol–water partition coefficient (Wildman–Crippen LogP) is 3.04. The number of hydrogen-bond donors (Lipinski definition) is 2. The highest BCUT2D eigenvalue weighted by molar-refractivity contribution is 5.92. The van der Waals surface area contributed by atoms with E-state index in [4.69, 9.17) is 5.73 Å². The van der Waals surface area contributed by atoms with Crippen molar-refractivity contribution in [1.29, 1.82) is 0 Å². The molecule has 0 aliphatic heterocycles. The molecule has 0 saturated carbocycles. The molecule has 0 saturated heterocycles. The van der Waals surface area contributed by atoms with Crippen LogP contribution in [0.25, 0.3) is 0 Å². The molecule has 0 aliphatic rings. The molecule has 2 rings (SSSR count). The molecule has 2 aromatic rings. The van der Waals surface area contributed by atoms with Crippen molar-refractivity contribution in [2.24, 2.45) is 0 Å². The van der Waals surface area contributed by atoms with E-state index in [-0.39, 0.29) is 5.91 Å².